The van der Waals surface area contributed by atoms with E-state index in [4.69, 9.17) is 9.47 Å². The third-order valence-corrected chi connectivity index (χ3v) is 6.94. The number of amides is 1. The van der Waals surface area contributed by atoms with Crippen molar-refractivity contribution in [3.63, 3.8) is 0 Å². The molecule has 4 rings (SSSR count). The van der Waals surface area contributed by atoms with Gasteiger partial charge in [-0.1, -0.05) is 19.3 Å². The van der Waals surface area contributed by atoms with Gasteiger partial charge in [0.2, 0.25) is 5.91 Å². The van der Waals surface area contributed by atoms with Crippen molar-refractivity contribution in [3.8, 4) is 16.9 Å². The molecule has 0 radical (unpaired) electrons. The Morgan fingerprint density at radius 1 is 1.21 bits per heavy atom. The van der Waals surface area contributed by atoms with E-state index in [0.29, 0.717) is 29.4 Å². The topological polar surface area (TPSA) is 63.7 Å². The molecule has 2 heterocycles. The molecule has 184 valence electrons. The van der Waals surface area contributed by atoms with Crippen molar-refractivity contribution in [2.24, 2.45) is 5.92 Å². The molecule has 2 aromatic rings. The molecule has 1 N–H and O–H groups in total. The standard InChI is InChI=1S/C27H36FN3O3/c1-20(22-5-3-2-4-6-22)30-27(32)16-21-15-23(19-29-18-21)25-8-7-24(17-26(25)28)34-14-11-31-9-12-33-13-10-31/h7-8,15,17-20,22H,2-6,9-14,16H2,1H3,(H,30,32)/t20-/m0/s1. The Balaban J connectivity index is 1.31. The van der Waals surface area contributed by atoms with Gasteiger partial charge in [0, 0.05) is 55.3 Å². The van der Waals surface area contributed by atoms with Crippen molar-refractivity contribution in [1.29, 1.82) is 0 Å². The minimum Gasteiger partial charge on any atom is -0.492 e. The van der Waals surface area contributed by atoms with Crippen molar-refractivity contribution in [3.05, 3.63) is 48.0 Å². The number of morpholine rings is 1. The molecule has 1 saturated heterocycles. The second-order valence-electron chi connectivity index (χ2n) is 9.46. The van der Waals surface area contributed by atoms with E-state index >= 15 is 0 Å². The third kappa shape index (κ3) is 7.00. The molecule has 0 unspecified atom stereocenters. The number of pyridine rings is 1. The van der Waals surface area contributed by atoms with Crippen molar-refractivity contribution in [2.75, 3.05) is 39.5 Å². The fraction of sp³-hybridized carbons (Fsp3) is 0.556. The summed E-state index contributed by atoms with van der Waals surface area (Å²) < 4.78 is 26.0. The van der Waals surface area contributed by atoms with Crippen LogP contribution in [0.25, 0.3) is 11.1 Å². The van der Waals surface area contributed by atoms with Gasteiger partial charge in [0.05, 0.1) is 19.6 Å². The third-order valence-electron chi connectivity index (χ3n) is 6.94. The molecule has 1 aliphatic heterocycles. The summed E-state index contributed by atoms with van der Waals surface area (Å²) in [6.45, 7) is 6.69. The van der Waals surface area contributed by atoms with Gasteiger partial charge in [-0.25, -0.2) is 4.39 Å². The molecule has 2 fully saturated rings. The maximum absolute atomic E-state index is 14.9. The minimum absolute atomic E-state index is 0.0125. The monoisotopic (exact) mass is 469 g/mol. The lowest BCUT2D eigenvalue weighted by Crippen LogP contribution is -2.39. The summed E-state index contributed by atoms with van der Waals surface area (Å²) in [5.74, 6) is 0.695. The lowest BCUT2D eigenvalue weighted by molar-refractivity contribution is -0.121. The zero-order valence-electron chi connectivity index (χ0n) is 20.1. The highest BCUT2D eigenvalue weighted by molar-refractivity contribution is 5.79. The first-order valence-corrected chi connectivity index (χ1v) is 12.5. The second-order valence-corrected chi connectivity index (χ2v) is 9.46. The molecular formula is C27H36FN3O3. The molecule has 1 aromatic carbocycles. The quantitative estimate of drug-likeness (QED) is 0.596. The van der Waals surface area contributed by atoms with Crippen LogP contribution >= 0.6 is 0 Å². The number of nitrogens with one attached hydrogen (secondary N) is 1. The van der Waals surface area contributed by atoms with Crippen LogP contribution in [0, 0.1) is 11.7 Å². The highest BCUT2D eigenvalue weighted by atomic mass is 19.1. The Kier molecular flexibility index (Phi) is 8.88. The van der Waals surface area contributed by atoms with Gasteiger partial charge >= 0.3 is 0 Å². The highest BCUT2D eigenvalue weighted by Crippen LogP contribution is 2.28. The summed E-state index contributed by atoms with van der Waals surface area (Å²) in [7, 11) is 0. The van der Waals surface area contributed by atoms with Crippen LogP contribution in [0.5, 0.6) is 5.75 Å². The smallest absolute Gasteiger partial charge is 0.224 e. The molecule has 1 atom stereocenters. The summed E-state index contributed by atoms with van der Waals surface area (Å²) in [5.41, 5.74) is 1.88. The Labute approximate surface area is 201 Å². The molecule has 6 nitrogen and oxygen atoms in total. The van der Waals surface area contributed by atoms with Crippen molar-refractivity contribution in [1.82, 2.24) is 15.2 Å². The average molecular weight is 470 g/mol. The van der Waals surface area contributed by atoms with Crippen molar-refractivity contribution in [2.45, 2.75) is 51.5 Å². The van der Waals surface area contributed by atoms with Crippen LogP contribution in [-0.4, -0.2) is 61.3 Å². The van der Waals surface area contributed by atoms with Gasteiger partial charge < -0.3 is 14.8 Å². The number of hydrogen-bond donors (Lipinski definition) is 1. The number of hydrogen-bond acceptors (Lipinski definition) is 5. The Hall–Kier alpha value is -2.51. The van der Waals surface area contributed by atoms with Crippen LogP contribution in [-0.2, 0) is 16.0 Å². The Morgan fingerprint density at radius 2 is 2.00 bits per heavy atom. The average Bonchev–Trinajstić information content (AvgIpc) is 2.85. The normalized spacial score (nSPS) is 18.4. The van der Waals surface area contributed by atoms with E-state index in [2.05, 4.69) is 22.1 Å². The van der Waals surface area contributed by atoms with E-state index in [0.717, 1.165) is 38.4 Å². The number of halogens is 1. The summed E-state index contributed by atoms with van der Waals surface area (Å²) in [6.07, 6.45) is 9.71. The summed E-state index contributed by atoms with van der Waals surface area (Å²) in [5, 5.41) is 3.15. The summed E-state index contributed by atoms with van der Waals surface area (Å²) >= 11 is 0. The maximum Gasteiger partial charge on any atom is 0.224 e. The molecule has 0 spiro atoms. The van der Waals surface area contributed by atoms with Crippen LogP contribution in [0.3, 0.4) is 0 Å². The number of carbonyl (C=O) groups is 1. The van der Waals surface area contributed by atoms with Crippen LogP contribution in [0.1, 0.15) is 44.6 Å². The van der Waals surface area contributed by atoms with Crippen LogP contribution in [0.2, 0.25) is 0 Å². The molecule has 2 aliphatic rings. The van der Waals surface area contributed by atoms with Gasteiger partial charge in [-0.2, -0.15) is 0 Å². The van der Waals surface area contributed by atoms with E-state index < -0.39 is 0 Å². The SMILES string of the molecule is C[C@H](NC(=O)Cc1cncc(-c2ccc(OCCN3CCOCC3)cc2F)c1)C1CCCCC1. The van der Waals surface area contributed by atoms with Crippen LogP contribution in [0.4, 0.5) is 4.39 Å². The van der Waals surface area contributed by atoms with Gasteiger partial charge in [-0.05, 0) is 49.4 Å². The summed E-state index contributed by atoms with van der Waals surface area (Å²) in [6, 6.07) is 6.93. The van der Waals surface area contributed by atoms with Gasteiger partial charge in [-0.3, -0.25) is 14.7 Å². The van der Waals surface area contributed by atoms with Crippen molar-refractivity contribution >= 4 is 5.91 Å². The van der Waals surface area contributed by atoms with Gasteiger partial charge in [-0.15, -0.1) is 0 Å². The number of rotatable bonds is 9. The molecular weight excluding hydrogens is 433 g/mol. The Morgan fingerprint density at radius 3 is 2.76 bits per heavy atom. The van der Waals surface area contributed by atoms with Crippen LogP contribution < -0.4 is 10.1 Å². The minimum atomic E-state index is -0.363. The van der Waals surface area contributed by atoms with Gasteiger partial charge in [0.25, 0.3) is 0 Å². The van der Waals surface area contributed by atoms with Crippen molar-refractivity contribution < 1.29 is 18.7 Å². The van der Waals surface area contributed by atoms with Crippen LogP contribution in [0.15, 0.2) is 36.7 Å². The van der Waals surface area contributed by atoms with Gasteiger partial charge in [0.15, 0.2) is 0 Å². The van der Waals surface area contributed by atoms with E-state index in [1.165, 1.54) is 38.2 Å². The maximum atomic E-state index is 14.9. The van der Waals surface area contributed by atoms with E-state index in [9.17, 15) is 9.18 Å². The Bertz CT molecular complexity index is 942. The predicted molar refractivity (Wildman–Crippen MR) is 130 cm³/mol. The molecule has 7 heteroatoms. The lowest BCUT2D eigenvalue weighted by Gasteiger charge is -2.28. The lowest BCUT2D eigenvalue weighted by atomic mass is 9.84. The van der Waals surface area contributed by atoms with E-state index in [1.807, 2.05) is 6.07 Å². The second kappa shape index (κ2) is 12.3. The molecule has 34 heavy (non-hydrogen) atoms. The first-order valence-electron chi connectivity index (χ1n) is 12.5. The molecule has 1 saturated carbocycles. The zero-order valence-corrected chi connectivity index (χ0v) is 20.1. The summed E-state index contributed by atoms with van der Waals surface area (Å²) in [4.78, 5) is 19.1. The number of benzene rings is 1. The number of aromatic nitrogens is 1. The largest absolute Gasteiger partial charge is 0.492 e. The molecule has 1 aromatic heterocycles. The predicted octanol–water partition coefficient (Wildman–Crippen LogP) is 4.23. The molecule has 1 aliphatic carbocycles. The van der Waals surface area contributed by atoms with Gasteiger partial charge in [0.1, 0.15) is 18.2 Å². The molecule has 0 bridgehead atoms. The zero-order chi connectivity index (χ0) is 23.8. The van der Waals surface area contributed by atoms with E-state index in [1.54, 1.807) is 24.5 Å². The first-order chi connectivity index (χ1) is 16.6. The fourth-order valence-electron chi connectivity index (χ4n) is 4.91. The van der Waals surface area contributed by atoms with E-state index in [-0.39, 0.29) is 24.2 Å². The number of nitrogens with zero attached hydrogens (tertiary/aromatic N) is 2. The molecule has 1 amide bonds. The fourth-order valence-corrected chi connectivity index (χ4v) is 4.91. The number of ether oxygens (including phenoxy) is 2. The first kappa shape index (κ1) is 24.6. The highest BCUT2D eigenvalue weighted by Gasteiger charge is 2.21. The number of carbonyl (C=O) groups excluding carboxylic acids is 1.